The minimum Gasteiger partial charge on any atom is -0.493 e. The molecule has 0 aliphatic rings. The van der Waals surface area contributed by atoms with Gasteiger partial charge in [-0.1, -0.05) is 5.92 Å². The van der Waals surface area contributed by atoms with E-state index < -0.39 is 0 Å². The van der Waals surface area contributed by atoms with Gasteiger partial charge in [-0.3, -0.25) is 0 Å². The molecule has 0 aliphatic carbocycles. The molecule has 0 amide bonds. The van der Waals surface area contributed by atoms with Crippen LogP contribution in [0.4, 0.5) is 0 Å². The molecule has 0 aromatic heterocycles. The zero-order valence-corrected chi connectivity index (χ0v) is 11.8. The Hall–Kier alpha value is -1.18. The van der Waals surface area contributed by atoms with Gasteiger partial charge >= 0.3 is 0 Å². The third-order valence-electron chi connectivity index (χ3n) is 2.14. The molecule has 1 N–H and O–H groups in total. The molecule has 92 valence electrons. The van der Waals surface area contributed by atoms with Crippen molar-refractivity contribution in [1.82, 2.24) is 5.32 Å². The maximum Gasteiger partial charge on any atom is 0.176 e. The van der Waals surface area contributed by atoms with Gasteiger partial charge in [0.05, 0.1) is 11.6 Å². The Morgan fingerprint density at radius 1 is 1.41 bits per heavy atom. The van der Waals surface area contributed by atoms with Crippen LogP contribution in [0.15, 0.2) is 16.6 Å². The average molecular weight is 298 g/mol. The highest BCUT2D eigenvalue weighted by atomic mass is 79.9. The van der Waals surface area contributed by atoms with Gasteiger partial charge in [0.25, 0.3) is 0 Å². The summed E-state index contributed by atoms with van der Waals surface area (Å²) in [5.41, 5.74) is 1.13. The lowest BCUT2D eigenvalue weighted by atomic mass is 10.2. The molecule has 0 aliphatic heterocycles. The summed E-state index contributed by atoms with van der Waals surface area (Å²) in [5.74, 6) is 7.04. The summed E-state index contributed by atoms with van der Waals surface area (Å²) < 4.78 is 11.8. The topological polar surface area (TPSA) is 30.5 Å². The molecule has 1 aromatic carbocycles. The van der Waals surface area contributed by atoms with Crippen LogP contribution in [0.3, 0.4) is 0 Å². The molecular weight excluding hydrogens is 282 g/mol. The Morgan fingerprint density at radius 3 is 2.76 bits per heavy atom. The smallest absolute Gasteiger partial charge is 0.176 e. The van der Waals surface area contributed by atoms with Gasteiger partial charge in [0, 0.05) is 6.54 Å². The van der Waals surface area contributed by atoms with Crippen LogP contribution in [-0.4, -0.2) is 20.8 Å². The number of hydrogen-bond donors (Lipinski definition) is 1. The predicted octanol–water partition coefficient (Wildman–Crippen LogP) is 2.58. The molecule has 1 rings (SSSR count). The van der Waals surface area contributed by atoms with Crippen LogP contribution in [-0.2, 0) is 6.54 Å². The molecular formula is C13H16BrNO2. The Kier molecular flexibility index (Phi) is 5.88. The van der Waals surface area contributed by atoms with Crippen LogP contribution >= 0.6 is 15.9 Å². The predicted molar refractivity (Wildman–Crippen MR) is 72.4 cm³/mol. The minimum atomic E-state index is 0.358. The average Bonchev–Trinajstić information content (AvgIpc) is 2.32. The highest BCUT2D eigenvalue weighted by Crippen LogP contribution is 2.36. The summed E-state index contributed by atoms with van der Waals surface area (Å²) in [7, 11) is 3.53. The van der Waals surface area contributed by atoms with Gasteiger partial charge in [-0.05, 0) is 47.6 Å². The second-order valence-corrected chi connectivity index (χ2v) is 4.21. The molecule has 0 heterocycles. The summed E-state index contributed by atoms with van der Waals surface area (Å²) in [5, 5.41) is 3.09. The van der Waals surface area contributed by atoms with E-state index in [0.717, 1.165) is 16.6 Å². The lowest BCUT2D eigenvalue weighted by molar-refractivity contribution is 0.328. The highest BCUT2D eigenvalue weighted by Gasteiger charge is 2.10. The SMILES string of the molecule is CC#CCOc1c(Br)cc(CNC)cc1OC. The van der Waals surface area contributed by atoms with Crippen molar-refractivity contribution in [3.63, 3.8) is 0 Å². The van der Waals surface area contributed by atoms with Gasteiger partial charge in [0.2, 0.25) is 0 Å². The van der Waals surface area contributed by atoms with Crippen molar-refractivity contribution in [3.05, 3.63) is 22.2 Å². The van der Waals surface area contributed by atoms with E-state index in [0.29, 0.717) is 18.1 Å². The molecule has 0 fully saturated rings. The number of rotatable bonds is 5. The highest BCUT2D eigenvalue weighted by molar-refractivity contribution is 9.10. The zero-order chi connectivity index (χ0) is 12.7. The molecule has 3 nitrogen and oxygen atoms in total. The largest absolute Gasteiger partial charge is 0.493 e. The molecule has 1 aromatic rings. The fourth-order valence-electron chi connectivity index (χ4n) is 1.40. The Labute approximate surface area is 111 Å². The lowest BCUT2D eigenvalue weighted by Gasteiger charge is -2.12. The maximum absolute atomic E-state index is 5.57. The van der Waals surface area contributed by atoms with Crippen molar-refractivity contribution in [2.45, 2.75) is 13.5 Å². The number of halogens is 1. The normalized spacial score (nSPS) is 9.41. The second kappa shape index (κ2) is 7.21. The van der Waals surface area contributed by atoms with E-state index in [1.54, 1.807) is 14.0 Å². The number of methoxy groups -OCH3 is 1. The molecule has 0 spiro atoms. The molecule has 4 heteroatoms. The monoisotopic (exact) mass is 297 g/mol. The van der Waals surface area contributed by atoms with E-state index in [9.17, 15) is 0 Å². The first-order valence-corrected chi connectivity index (χ1v) is 6.05. The Balaban J connectivity index is 2.97. The molecule has 0 saturated carbocycles. The van der Waals surface area contributed by atoms with E-state index in [1.807, 2.05) is 19.2 Å². The van der Waals surface area contributed by atoms with Gasteiger partial charge in [-0.25, -0.2) is 0 Å². The van der Waals surface area contributed by atoms with Crippen LogP contribution in [0.2, 0.25) is 0 Å². The van der Waals surface area contributed by atoms with Gasteiger partial charge in [-0.2, -0.15) is 0 Å². The van der Waals surface area contributed by atoms with E-state index in [2.05, 4.69) is 33.1 Å². The van der Waals surface area contributed by atoms with E-state index in [1.165, 1.54) is 0 Å². The van der Waals surface area contributed by atoms with Crippen molar-refractivity contribution in [1.29, 1.82) is 0 Å². The third kappa shape index (κ3) is 3.95. The van der Waals surface area contributed by atoms with Crippen molar-refractivity contribution in [2.75, 3.05) is 20.8 Å². The molecule has 0 atom stereocenters. The number of ether oxygens (including phenoxy) is 2. The summed E-state index contributed by atoms with van der Waals surface area (Å²) in [6, 6.07) is 3.96. The van der Waals surface area contributed by atoms with Crippen LogP contribution in [0.25, 0.3) is 0 Å². The number of hydrogen-bond acceptors (Lipinski definition) is 3. The van der Waals surface area contributed by atoms with Crippen molar-refractivity contribution >= 4 is 15.9 Å². The van der Waals surface area contributed by atoms with Gasteiger partial charge in [0.15, 0.2) is 11.5 Å². The fraction of sp³-hybridized carbons (Fsp3) is 0.385. The molecule has 17 heavy (non-hydrogen) atoms. The first-order valence-electron chi connectivity index (χ1n) is 5.26. The first-order chi connectivity index (χ1) is 8.22. The summed E-state index contributed by atoms with van der Waals surface area (Å²) >= 11 is 3.48. The molecule has 0 bridgehead atoms. The number of nitrogens with one attached hydrogen (secondary N) is 1. The van der Waals surface area contributed by atoms with E-state index in [-0.39, 0.29) is 0 Å². The molecule has 0 unspecified atom stereocenters. The first kappa shape index (κ1) is 13.9. The third-order valence-corrected chi connectivity index (χ3v) is 2.72. The second-order valence-electron chi connectivity index (χ2n) is 3.35. The lowest BCUT2D eigenvalue weighted by Crippen LogP contribution is -2.06. The van der Waals surface area contributed by atoms with E-state index >= 15 is 0 Å². The fourth-order valence-corrected chi connectivity index (χ4v) is 2.00. The van der Waals surface area contributed by atoms with Crippen molar-refractivity contribution in [2.24, 2.45) is 0 Å². The van der Waals surface area contributed by atoms with Crippen molar-refractivity contribution < 1.29 is 9.47 Å². The Bertz CT molecular complexity index is 435. The maximum atomic E-state index is 5.57. The van der Waals surface area contributed by atoms with Crippen LogP contribution in [0, 0.1) is 11.8 Å². The van der Waals surface area contributed by atoms with Gasteiger partial charge in [0.1, 0.15) is 6.61 Å². The molecule has 0 radical (unpaired) electrons. The van der Waals surface area contributed by atoms with E-state index in [4.69, 9.17) is 9.47 Å². The van der Waals surface area contributed by atoms with Gasteiger partial charge < -0.3 is 14.8 Å². The van der Waals surface area contributed by atoms with Crippen LogP contribution in [0.1, 0.15) is 12.5 Å². The standard InChI is InChI=1S/C13H16BrNO2/c1-4-5-6-17-13-11(14)7-10(9-15-2)8-12(13)16-3/h7-8,15H,6,9H2,1-3H3. The zero-order valence-electron chi connectivity index (χ0n) is 10.3. The number of benzene rings is 1. The minimum absolute atomic E-state index is 0.358. The molecule has 0 saturated heterocycles. The Morgan fingerprint density at radius 2 is 2.18 bits per heavy atom. The van der Waals surface area contributed by atoms with Gasteiger partial charge in [-0.15, -0.1) is 5.92 Å². The summed E-state index contributed by atoms with van der Waals surface area (Å²) in [6.45, 7) is 2.92. The summed E-state index contributed by atoms with van der Waals surface area (Å²) in [4.78, 5) is 0. The van der Waals surface area contributed by atoms with Crippen molar-refractivity contribution in [3.8, 4) is 23.3 Å². The quantitative estimate of drug-likeness (QED) is 0.848. The van der Waals surface area contributed by atoms with Crippen LogP contribution < -0.4 is 14.8 Å². The summed E-state index contributed by atoms with van der Waals surface area (Å²) in [6.07, 6.45) is 0. The van der Waals surface area contributed by atoms with Crippen LogP contribution in [0.5, 0.6) is 11.5 Å².